The van der Waals surface area contributed by atoms with Crippen LogP contribution in [0.15, 0.2) is 53.0 Å². The number of hydrogen-bond acceptors (Lipinski definition) is 4. The molecular weight excluding hydrogens is 534 g/mol. The minimum absolute atomic E-state index is 0.0560. The summed E-state index contributed by atoms with van der Waals surface area (Å²) in [4.78, 5) is 34.1. The quantitative estimate of drug-likeness (QED) is 0.374. The van der Waals surface area contributed by atoms with Gasteiger partial charge in [-0.25, -0.2) is 4.98 Å². The van der Waals surface area contributed by atoms with Crippen LogP contribution in [-0.2, 0) is 0 Å². The first-order valence-electron chi connectivity index (χ1n) is 11.6. The Kier molecular flexibility index (Phi) is 7.04. The maximum absolute atomic E-state index is 13.8. The highest BCUT2D eigenvalue weighted by atomic mass is 79.9. The summed E-state index contributed by atoms with van der Waals surface area (Å²) in [6.07, 6.45) is 5.10. The zero-order valence-electron chi connectivity index (χ0n) is 18.6. The number of amides is 2. The fourth-order valence-corrected chi connectivity index (χ4v) is 6.18. The average Bonchev–Trinajstić information content (AvgIpc) is 3.60. The molecule has 1 unspecified atom stereocenters. The van der Waals surface area contributed by atoms with E-state index in [1.54, 1.807) is 23.5 Å². The number of hydrogen-bond donors (Lipinski definition) is 1. The molecule has 34 heavy (non-hydrogen) atoms. The number of nitrogens with zero attached hydrogens (tertiary/aromatic N) is 2. The van der Waals surface area contributed by atoms with Gasteiger partial charge in [0.1, 0.15) is 5.69 Å². The smallest absolute Gasteiger partial charge is 0.274 e. The summed E-state index contributed by atoms with van der Waals surface area (Å²) < 4.78 is 0.859. The van der Waals surface area contributed by atoms with Gasteiger partial charge in [-0.3, -0.25) is 9.59 Å². The number of carbonyl (C=O) groups is 2. The summed E-state index contributed by atoms with van der Waals surface area (Å²) in [6.45, 7) is 1.09. The zero-order valence-corrected chi connectivity index (χ0v) is 21.8. The highest BCUT2D eigenvalue weighted by Gasteiger charge is 2.34. The summed E-state index contributed by atoms with van der Waals surface area (Å²) >= 11 is 11.3. The van der Waals surface area contributed by atoms with Crippen LogP contribution in [0.4, 0.5) is 0 Å². The number of carbonyl (C=O) groups excluding carboxylic acids is 2. The molecule has 2 heterocycles. The molecule has 176 valence electrons. The third kappa shape index (κ3) is 5.21. The fourth-order valence-electron chi connectivity index (χ4n) is 4.37. The van der Waals surface area contributed by atoms with Gasteiger partial charge in [0.2, 0.25) is 0 Å². The Morgan fingerprint density at radius 3 is 2.71 bits per heavy atom. The third-order valence-electron chi connectivity index (χ3n) is 6.33. The number of piperidine rings is 1. The van der Waals surface area contributed by atoms with Crippen molar-refractivity contribution >= 4 is 50.7 Å². The SMILES string of the molecule is O=C(NCC1CCCCN1C(=O)c1nc(C2CC2)sc1-c1cccc(Cl)c1)c1cccc(Br)c1. The zero-order chi connectivity index (χ0) is 23.7. The fraction of sp³-hybridized carbons (Fsp3) is 0.346. The Labute approximate surface area is 216 Å². The molecule has 1 atom stereocenters. The molecule has 2 fully saturated rings. The Morgan fingerprint density at radius 2 is 1.94 bits per heavy atom. The molecule has 1 aliphatic heterocycles. The maximum Gasteiger partial charge on any atom is 0.274 e. The van der Waals surface area contributed by atoms with E-state index >= 15 is 0 Å². The second-order valence-electron chi connectivity index (χ2n) is 8.88. The molecule has 5 nitrogen and oxygen atoms in total. The standard InChI is InChI=1S/C26H25BrClN3O2S/c27-19-7-3-6-18(13-19)24(32)29-15-21-9-1-2-12-31(21)26(33)22-23(17-5-4-8-20(28)14-17)34-25(30-22)16-10-11-16/h3-8,13-14,16,21H,1-2,9-12,15H2,(H,29,32). The van der Waals surface area contributed by atoms with Crippen LogP contribution < -0.4 is 5.32 Å². The van der Waals surface area contributed by atoms with Crippen LogP contribution in [0.3, 0.4) is 0 Å². The summed E-state index contributed by atoms with van der Waals surface area (Å²) in [5.74, 6) is 0.272. The van der Waals surface area contributed by atoms with Gasteiger partial charge in [0.15, 0.2) is 0 Å². The van der Waals surface area contributed by atoms with Gasteiger partial charge >= 0.3 is 0 Å². The molecule has 2 aromatic carbocycles. The molecule has 2 aliphatic rings. The van der Waals surface area contributed by atoms with Gasteiger partial charge in [-0.05, 0) is 68.0 Å². The van der Waals surface area contributed by atoms with Crippen LogP contribution in [0.1, 0.15) is 63.9 Å². The molecule has 2 amide bonds. The van der Waals surface area contributed by atoms with E-state index in [0.717, 1.165) is 52.0 Å². The van der Waals surface area contributed by atoms with E-state index in [1.807, 2.05) is 41.3 Å². The van der Waals surface area contributed by atoms with Crippen molar-refractivity contribution in [2.45, 2.75) is 44.1 Å². The largest absolute Gasteiger partial charge is 0.350 e. The number of rotatable bonds is 6. The molecule has 0 spiro atoms. The Bertz CT molecular complexity index is 1230. The second kappa shape index (κ2) is 10.2. The van der Waals surface area contributed by atoms with Crippen molar-refractivity contribution in [2.24, 2.45) is 0 Å². The molecule has 1 aliphatic carbocycles. The van der Waals surface area contributed by atoms with Crippen LogP contribution in [-0.4, -0.2) is 40.8 Å². The highest BCUT2D eigenvalue weighted by Crippen LogP contribution is 2.45. The van der Waals surface area contributed by atoms with Crippen molar-refractivity contribution in [1.29, 1.82) is 0 Å². The van der Waals surface area contributed by atoms with Crippen molar-refractivity contribution in [3.8, 4) is 10.4 Å². The highest BCUT2D eigenvalue weighted by molar-refractivity contribution is 9.10. The van der Waals surface area contributed by atoms with Gasteiger partial charge in [0.25, 0.3) is 11.8 Å². The number of halogens is 2. The molecule has 1 saturated heterocycles. The van der Waals surface area contributed by atoms with Crippen molar-refractivity contribution in [2.75, 3.05) is 13.1 Å². The molecule has 0 radical (unpaired) electrons. The first-order chi connectivity index (χ1) is 16.5. The van der Waals surface area contributed by atoms with E-state index in [4.69, 9.17) is 16.6 Å². The maximum atomic E-state index is 13.8. The first-order valence-corrected chi connectivity index (χ1v) is 13.6. The Balaban J connectivity index is 1.37. The van der Waals surface area contributed by atoms with Gasteiger partial charge in [-0.15, -0.1) is 11.3 Å². The van der Waals surface area contributed by atoms with Crippen molar-refractivity contribution in [1.82, 2.24) is 15.2 Å². The number of thiazole rings is 1. The molecule has 3 aromatic rings. The van der Waals surface area contributed by atoms with E-state index in [1.165, 1.54) is 0 Å². The normalized spacial score (nSPS) is 18.1. The number of nitrogens with one attached hydrogen (secondary N) is 1. The lowest BCUT2D eigenvalue weighted by molar-refractivity contribution is 0.0598. The summed E-state index contributed by atoms with van der Waals surface area (Å²) in [7, 11) is 0. The van der Waals surface area contributed by atoms with Gasteiger partial charge in [-0.1, -0.05) is 45.7 Å². The van der Waals surface area contributed by atoms with E-state index in [9.17, 15) is 9.59 Å². The molecular formula is C26H25BrClN3O2S. The summed E-state index contributed by atoms with van der Waals surface area (Å²) in [6, 6.07) is 14.9. The topological polar surface area (TPSA) is 62.3 Å². The lowest BCUT2D eigenvalue weighted by Gasteiger charge is -2.35. The Morgan fingerprint density at radius 1 is 1.12 bits per heavy atom. The lowest BCUT2D eigenvalue weighted by atomic mass is 10.0. The average molecular weight is 559 g/mol. The van der Waals surface area contributed by atoms with Gasteiger partial charge in [0.05, 0.1) is 9.88 Å². The monoisotopic (exact) mass is 557 g/mol. The molecule has 8 heteroatoms. The molecule has 1 aromatic heterocycles. The molecule has 0 bridgehead atoms. The van der Waals surface area contributed by atoms with Crippen molar-refractivity contribution in [3.63, 3.8) is 0 Å². The van der Waals surface area contributed by atoms with Crippen molar-refractivity contribution < 1.29 is 9.59 Å². The van der Waals surface area contributed by atoms with Gasteiger partial charge in [0, 0.05) is 40.1 Å². The third-order valence-corrected chi connectivity index (χ3v) is 8.33. The van der Waals surface area contributed by atoms with E-state index in [2.05, 4.69) is 21.2 Å². The number of benzene rings is 2. The van der Waals surface area contributed by atoms with E-state index < -0.39 is 0 Å². The summed E-state index contributed by atoms with van der Waals surface area (Å²) in [5.41, 5.74) is 2.04. The second-order valence-corrected chi connectivity index (χ2v) is 11.3. The molecule has 5 rings (SSSR count). The predicted octanol–water partition coefficient (Wildman–Crippen LogP) is 6.53. The minimum Gasteiger partial charge on any atom is -0.350 e. The molecule has 1 N–H and O–H groups in total. The first kappa shape index (κ1) is 23.5. The van der Waals surface area contributed by atoms with Crippen LogP contribution >= 0.6 is 38.9 Å². The van der Waals surface area contributed by atoms with Gasteiger partial charge < -0.3 is 10.2 Å². The van der Waals surface area contributed by atoms with E-state index in [0.29, 0.717) is 35.3 Å². The molecule has 1 saturated carbocycles. The van der Waals surface area contributed by atoms with Crippen LogP contribution in [0.25, 0.3) is 10.4 Å². The van der Waals surface area contributed by atoms with Crippen molar-refractivity contribution in [3.05, 3.63) is 74.3 Å². The number of aromatic nitrogens is 1. The predicted molar refractivity (Wildman–Crippen MR) is 140 cm³/mol. The van der Waals surface area contributed by atoms with Gasteiger partial charge in [-0.2, -0.15) is 0 Å². The lowest BCUT2D eigenvalue weighted by Crippen LogP contribution is -2.49. The minimum atomic E-state index is -0.136. The van der Waals surface area contributed by atoms with E-state index in [-0.39, 0.29) is 17.9 Å². The number of likely N-dealkylation sites (tertiary alicyclic amines) is 1. The van der Waals surface area contributed by atoms with Crippen LogP contribution in [0.5, 0.6) is 0 Å². The van der Waals surface area contributed by atoms with Crippen LogP contribution in [0.2, 0.25) is 5.02 Å². The van der Waals surface area contributed by atoms with Crippen LogP contribution in [0, 0.1) is 0 Å². The Hall–Kier alpha value is -2.22. The summed E-state index contributed by atoms with van der Waals surface area (Å²) in [5, 5.41) is 4.71.